The van der Waals surface area contributed by atoms with Crippen LogP contribution in [-0.2, 0) is 11.2 Å². The smallest absolute Gasteiger partial charge is 0.376 e. The molecular weight excluding hydrogens is 268 g/mol. The maximum atomic E-state index is 13.7. The number of ether oxygens (including phenoxy) is 1. The molecule has 1 aromatic heterocycles. The van der Waals surface area contributed by atoms with E-state index in [9.17, 15) is 13.6 Å². The van der Waals surface area contributed by atoms with Gasteiger partial charge in [0.15, 0.2) is 11.6 Å². The first kappa shape index (κ1) is 14.2. The molecule has 6 heteroatoms. The van der Waals surface area contributed by atoms with E-state index in [-0.39, 0.29) is 23.8 Å². The van der Waals surface area contributed by atoms with Crippen molar-refractivity contribution in [3.63, 3.8) is 0 Å². The molecule has 0 bridgehead atoms. The quantitative estimate of drug-likeness (QED) is 0.806. The lowest BCUT2D eigenvalue weighted by Crippen LogP contribution is -2.05. The van der Waals surface area contributed by atoms with Gasteiger partial charge in [0.05, 0.1) is 17.9 Å². The fourth-order valence-corrected chi connectivity index (χ4v) is 1.73. The number of halogens is 2. The molecule has 0 aliphatic heterocycles. The second-order valence-corrected chi connectivity index (χ2v) is 3.97. The first-order valence-corrected chi connectivity index (χ1v) is 6.19. The van der Waals surface area contributed by atoms with Gasteiger partial charge in [0.1, 0.15) is 0 Å². The standard InChI is InChI=1S/C14H13F2NO3/c1-3-10-12(14(18)19-4-2)20-13(17-10)8-6-5-7-9(15)11(8)16/h5-7H,3-4H2,1-2H3. The molecule has 0 unspecified atom stereocenters. The van der Waals surface area contributed by atoms with Crippen molar-refractivity contribution in [2.45, 2.75) is 20.3 Å². The van der Waals surface area contributed by atoms with Crippen LogP contribution in [0.2, 0.25) is 0 Å². The molecule has 0 amide bonds. The van der Waals surface area contributed by atoms with E-state index >= 15 is 0 Å². The highest BCUT2D eigenvalue weighted by molar-refractivity contribution is 5.88. The van der Waals surface area contributed by atoms with Gasteiger partial charge in [0, 0.05) is 0 Å². The maximum absolute atomic E-state index is 13.7. The molecule has 0 N–H and O–H groups in total. The lowest BCUT2D eigenvalue weighted by molar-refractivity contribution is 0.0489. The summed E-state index contributed by atoms with van der Waals surface area (Å²) in [6.07, 6.45) is 0.411. The van der Waals surface area contributed by atoms with Gasteiger partial charge in [0.25, 0.3) is 0 Å². The Labute approximate surface area is 114 Å². The normalized spacial score (nSPS) is 10.6. The van der Waals surface area contributed by atoms with Crippen molar-refractivity contribution < 1.29 is 22.7 Å². The van der Waals surface area contributed by atoms with Crippen LogP contribution in [0.1, 0.15) is 30.1 Å². The molecule has 1 heterocycles. The highest BCUT2D eigenvalue weighted by atomic mass is 19.2. The zero-order valence-electron chi connectivity index (χ0n) is 11.1. The number of hydrogen-bond donors (Lipinski definition) is 0. The molecule has 2 rings (SSSR count). The van der Waals surface area contributed by atoms with E-state index in [4.69, 9.17) is 9.15 Å². The predicted molar refractivity (Wildman–Crippen MR) is 67.2 cm³/mol. The lowest BCUT2D eigenvalue weighted by Gasteiger charge is -1.99. The van der Waals surface area contributed by atoms with E-state index < -0.39 is 17.6 Å². The van der Waals surface area contributed by atoms with Crippen molar-refractivity contribution in [1.82, 2.24) is 4.98 Å². The van der Waals surface area contributed by atoms with Crippen LogP contribution in [0, 0.1) is 11.6 Å². The molecule has 0 saturated heterocycles. The van der Waals surface area contributed by atoms with Crippen molar-refractivity contribution >= 4 is 5.97 Å². The van der Waals surface area contributed by atoms with Crippen molar-refractivity contribution in [2.75, 3.05) is 6.61 Å². The molecule has 4 nitrogen and oxygen atoms in total. The van der Waals surface area contributed by atoms with Crippen LogP contribution in [0.3, 0.4) is 0 Å². The number of esters is 1. The Morgan fingerprint density at radius 2 is 2.10 bits per heavy atom. The second-order valence-electron chi connectivity index (χ2n) is 3.97. The third-order valence-electron chi connectivity index (χ3n) is 2.68. The fourth-order valence-electron chi connectivity index (χ4n) is 1.73. The minimum Gasteiger partial charge on any atom is -0.460 e. The van der Waals surface area contributed by atoms with Crippen LogP contribution in [0.15, 0.2) is 22.6 Å². The Morgan fingerprint density at radius 1 is 1.35 bits per heavy atom. The van der Waals surface area contributed by atoms with E-state index in [1.165, 1.54) is 12.1 Å². The van der Waals surface area contributed by atoms with Gasteiger partial charge < -0.3 is 9.15 Å². The average Bonchev–Trinajstić information content (AvgIpc) is 2.86. The number of nitrogens with zero attached hydrogens (tertiary/aromatic N) is 1. The minimum absolute atomic E-state index is 0.0759. The van der Waals surface area contributed by atoms with Crippen LogP contribution in [0.4, 0.5) is 8.78 Å². The van der Waals surface area contributed by atoms with Crippen LogP contribution < -0.4 is 0 Å². The highest BCUT2D eigenvalue weighted by Crippen LogP contribution is 2.26. The lowest BCUT2D eigenvalue weighted by atomic mass is 10.2. The van der Waals surface area contributed by atoms with Crippen molar-refractivity contribution in [1.29, 1.82) is 0 Å². The molecule has 20 heavy (non-hydrogen) atoms. The summed E-state index contributed by atoms with van der Waals surface area (Å²) in [5.74, 6) is -2.95. The SMILES string of the molecule is CCOC(=O)c1oc(-c2cccc(F)c2F)nc1CC. The molecule has 1 aromatic carbocycles. The summed E-state index contributed by atoms with van der Waals surface area (Å²) in [5.41, 5.74) is 0.220. The van der Waals surface area contributed by atoms with Gasteiger partial charge in [-0.05, 0) is 25.5 Å². The first-order valence-electron chi connectivity index (χ1n) is 6.19. The molecule has 106 valence electrons. The number of carbonyl (C=O) groups excluding carboxylic acids is 1. The van der Waals surface area contributed by atoms with Crippen molar-refractivity contribution in [3.8, 4) is 11.5 Å². The molecule has 0 spiro atoms. The van der Waals surface area contributed by atoms with E-state index in [1.54, 1.807) is 13.8 Å². The maximum Gasteiger partial charge on any atom is 0.376 e. The summed E-state index contributed by atoms with van der Waals surface area (Å²) in [6, 6.07) is 3.67. The largest absolute Gasteiger partial charge is 0.460 e. The van der Waals surface area contributed by atoms with Gasteiger partial charge in [-0.15, -0.1) is 0 Å². The highest BCUT2D eigenvalue weighted by Gasteiger charge is 2.23. The van der Waals surface area contributed by atoms with E-state index in [0.29, 0.717) is 12.1 Å². The Morgan fingerprint density at radius 3 is 2.75 bits per heavy atom. The number of rotatable bonds is 4. The Kier molecular flexibility index (Phi) is 4.12. The minimum atomic E-state index is -1.06. The Balaban J connectivity index is 2.49. The summed E-state index contributed by atoms with van der Waals surface area (Å²) < 4.78 is 37.0. The molecule has 0 atom stereocenters. The van der Waals surface area contributed by atoms with E-state index in [0.717, 1.165) is 6.07 Å². The third kappa shape index (κ3) is 2.54. The van der Waals surface area contributed by atoms with Gasteiger partial charge in [-0.2, -0.15) is 0 Å². The summed E-state index contributed by atoms with van der Waals surface area (Å²) in [4.78, 5) is 15.7. The van der Waals surface area contributed by atoms with Crippen molar-refractivity contribution in [2.24, 2.45) is 0 Å². The number of aryl methyl sites for hydroxylation is 1. The third-order valence-corrected chi connectivity index (χ3v) is 2.68. The Bertz CT molecular complexity index is 637. The first-order chi connectivity index (χ1) is 9.58. The van der Waals surface area contributed by atoms with Gasteiger partial charge in [-0.1, -0.05) is 13.0 Å². The van der Waals surface area contributed by atoms with Crippen molar-refractivity contribution in [3.05, 3.63) is 41.3 Å². The van der Waals surface area contributed by atoms with E-state index in [2.05, 4.69) is 4.98 Å². The molecule has 0 radical (unpaired) electrons. The van der Waals surface area contributed by atoms with Gasteiger partial charge in [-0.25, -0.2) is 18.6 Å². The molecule has 0 fully saturated rings. The predicted octanol–water partition coefficient (Wildman–Crippen LogP) is 3.36. The van der Waals surface area contributed by atoms with Gasteiger partial charge >= 0.3 is 5.97 Å². The average molecular weight is 281 g/mol. The van der Waals surface area contributed by atoms with E-state index in [1.807, 2.05) is 0 Å². The van der Waals surface area contributed by atoms with Crippen LogP contribution in [-0.4, -0.2) is 17.6 Å². The van der Waals surface area contributed by atoms with Crippen LogP contribution >= 0.6 is 0 Å². The van der Waals surface area contributed by atoms with Gasteiger partial charge in [0.2, 0.25) is 11.7 Å². The molecule has 0 aliphatic rings. The molecule has 0 aliphatic carbocycles. The van der Waals surface area contributed by atoms with Crippen LogP contribution in [0.5, 0.6) is 0 Å². The molecule has 0 saturated carbocycles. The zero-order chi connectivity index (χ0) is 14.7. The monoisotopic (exact) mass is 281 g/mol. The number of hydrogen-bond acceptors (Lipinski definition) is 4. The summed E-state index contributed by atoms with van der Waals surface area (Å²) in [5, 5.41) is 0. The van der Waals surface area contributed by atoms with Crippen LogP contribution in [0.25, 0.3) is 11.5 Å². The number of carbonyl (C=O) groups is 1. The summed E-state index contributed by atoms with van der Waals surface area (Å²) in [7, 11) is 0. The topological polar surface area (TPSA) is 52.3 Å². The number of benzene rings is 1. The number of aromatic nitrogens is 1. The summed E-state index contributed by atoms with van der Waals surface area (Å²) >= 11 is 0. The molecular formula is C14H13F2NO3. The zero-order valence-corrected chi connectivity index (χ0v) is 11.1. The second kappa shape index (κ2) is 5.81. The summed E-state index contributed by atoms with van der Waals surface area (Å²) in [6.45, 7) is 3.62. The van der Waals surface area contributed by atoms with Gasteiger partial charge in [-0.3, -0.25) is 0 Å². The molecule has 2 aromatic rings. The number of oxazole rings is 1. The fraction of sp³-hybridized carbons (Fsp3) is 0.286. The Hall–Kier alpha value is -2.24.